The molecule has 0 fully saturated rings. The highest BCUT2D eigenvalue weighted by molar-refractivity contribution is 5.99. The van der Waals surface area contributed by atoms with Gasteiger partial charge in [-0.15, -0.1) is 0 Å². The molecule has 0 aliphatic rings. The fraction of sp³-hybridized carbons (Fsp3) is 0.250. The van der Waals surface area contributed by atoms with Crippen molar-refractivity contribution in [2.75, 3.05) is 13.1 Å². The second-order valence-corrected chi connectivity index (χ2v) is 7.15. The summed E-state index contributed by atoms with van der Waals surface area (Å²) in [6, 6.07) is 18.0. The van der Waals surface area contributed by atoms with Crippen LogP contribution in [0.3, 0.4) is 0 Å². The van der Waals surface area contributed by atoms with Gasteiger partial charge < -0.3 is 9.52 Å². The maximum atomic E-state index is 12.5. The van der Waals surface area contributed by atoms with Gasteiger partial charge in [-0.1, -0.05) is 50.2 Å². The van der Waals surface area contributed by atoms with Crippen molar-refractivity contribution in [1.29, 1.82) is 0 Å². The number of hydrazine groups is 1. The van der Waals surface area contributed by atoms with E-state index in [0.29, 0.717) is 18.7 Å². The lowest BCUT2D eigenvalue weighted by molar-refractivity contribution is 0.0827. The van der Waals surface area contributed by atoms with Crippen LogP contribution in [0.2, 0.25) is 0 Å². The maximum absolute atomic E-state index is 12.5. The first-order valence-electron chi connectivity index (χ1n) is 10.3. The number of nitrogens with zero attached hydrogens (tertiary/aromatic N) is 1. The van der Waals surface area contributed by atoms with E-state index in [-0.39, 0.29) is 17.1 Å². The molecule has 0 spiro atoms. The molecule has 2 aromatic carbocycles. The van der Waals surface area contributed by atoms with Crippen LogP contribution in [-0.4, -0.2) is 34.9 Å². The highest BCUT2D eigenvalue weighted by Gasteiger charge is 2.16. The van der Waals surface area contributed by atoms with Gasteiger partial charge in [-0.3, -0.25) is 25.3 Å². The Labute approximate surface area is 181 Å². The van der Waals surface area contributed by atoms with Gasteiger partial charge in [-0.2, -0.15) is 0 Å². The van der Waals surface area contributed by atoms with E-state index in [0.717, 1.165) is 24.2 Å². The number of hydrogen-bond donors (Lipinski definition) is 3. The summed E-state index contributed by atoms with van der Waals surface area (Å²) < 4.78 is 5.57. The predicted molar refractivity (Wildman–Crippen MR) is 118 cm³/mol. The Morgan fingerprint density at radius 1 is 0.903 bits per heavy atom. The van der Waals surface area contributed by atoms with Crippen molar-refractivity contribution >= 4 is 11.8 Å². The van der Waals surface area contributed by atoms with E-state index in [1.807, 2.05) is 30.3 Å². The topological polar surface area (TPSA) is 94.8 Å². The summed E-state index contributed by atoms with van der Waals surface area (Å²) in [5, 5.41) is 10.1. The molecule has 7 heteroatoms. The molecule has 3 aromatic rings. The summed E-state index contributed by atoms with van der Waals surface area (Å²) >= 11 is 0. The Bertz CT molecular complexity index is 1030. The molecular formula is C24H27N3O4. The average Bonchev–Trinajstić information content (AvgIpc) is 3.26. The Balaban J connectivity index is 1.61. The first kappa shape index (κ1) is 22.1. The lowest BCUT2D eigenvalue weighted by Crippen LogP contribution is -2.41. The van der Waals surface area contributed by atoms with Crippen LogP contribution in [0, 0.1) is 0 Å². The first-order chi connectivity index (χ1) is 15.0. The van der Waals surface area contributed by atoms with E-state index < -0.39 is 11.8 Å². The highest BCUT2D eigenvalue weighted by Crippen LogP contribution is 2.20. The number of hydrogen-bond acceptors (Lipinski definition) is 5. The molecule has 3 N–H and O–H groups in total. The zero-order valence-electron chi connectivity index (χ0n) is 17.7. The largest absolute Gasteiger partial charge is 0.507 e. The van der Waals surface area contributed by atoms with Crippen molar-refractivity contribution in [3.05, 3.63) is 88.9 Å². The van der Waals surface area contributed by atoms with Gasteiger partial charge >= 0.3 is 5.91 Å². The molecule has 3 rings (SSSR count). The molecule has 0 saturated heterocycles. The molecule has 0 atom stereocenters. The Kier molecular flexibility index (Phi) is 7.45. The molecule has 0 unspecified atom stereocenters. The van der Waals surface area contributed by atoms with Gasteiger partial charge in [0.1, 0.15) is 11.5 Å². The van der Waals surface area contributed by atoms with Crippen LogP contribution in [0.1, 0.15) is 51.6 Å². The third-order valence-electron chi connectivity index (χ3n) is 5.01. The minimum absolute atomic E-state index is 0.0791. The predicted octanol–water partition coefficient (Wildman–Crippen LogP) is 3.49. The van der Waals surface area contributed by atoms with Crippen LogP contribution in [0.4, 0.5) is 0 Å². The van der Waals surface area contributed by atoms with Gasteiger partial charge in [-0.25, -0.2) is 0 Å². The molecule has 0 radical (unpaired) electrons. The number of aromatic hydroxyl groups is 1. The van der Waals surface area contributed by atoms with E-state index >= 15 is 0 Å². The number of nitrogens with one attached hydrogen (secondary N) is 2. The summed E-state index contributed by atoms with van der Waals surface area (Å²) in [4.78, 5) is 27.0. The van der Waals surface area contributed by atoms with Crippen LogP contribution in [0.15, 0.2) is 65.1 Å². The fourth-order valence-electron chi connectivity index (χ4n) is 3.20. The summed E-state index contributed by atoms with van der Waals surface area (Å²) in [6.45, 7) is 6.47. The summed E-state index contributed by atoms with van der Waals surface area (Å²) in [6.07, 6.45) is 0.621. The van der Waals surface area contributed by atoms with Crippen molar-refractivity contribution in [3.8, 4) is 5.75 Å². The van der Waals surface area contributed by atoms with E-state index in [1.54, 1.807) is 24.3 Å². The molecular weight excluding hydrogens is 394 g/mol. The fourth-order valence-corrected chi connectivity index (χ4v) is 3.20. The van der Waals surface area contributed by atoms with Crippen molar-refractivity contribution in [3.63, 3.8) is 0 Å². The number of carbonyl (C=O) groups excluding carboxylic acids is 2. The van der Waals surface area contributed by atoms with Crippen LogP contribution in [0.25, 0.3) is 0 Å². The monoisotopic (exact) mass is 421 g/mol. The van der Waals surface area contributed by atoms with Gasteiger partial charge in [0.2, 0.25) is 0 Å². The molecule has 1 heterocycles. The molecule has 1 aromatic heterocycles. The Morgan fingerprint density at radius 3 is 2.32 bits per heavy atom. The molecule has 7 nitrogen and oxygen atoms in total. The third-order valence-corrected chi connectivity index (χ3v) is 5.01. The molecule has 31 heavy (non-hydrogen) atoms. The van der Waals surface area contributed by atoms with Crippen LogP contribution in [0.5, 0.6) is 5.75 Å². The maximum Gasteiger partial charge on any atom is 0.305 e. The molecule has 0 bridgehead atoms. The van der Waals surface area contributed by atoms with Gasteiger partial charge in [0.05, 0.1) is 12.1 Å². The number of furan rings is 1. The quantitative estimate of drug-likeness (QED) is 0.484. The standard InChI is InChI=1S/C24H27N3O4/c1-3-27(4-2)16-19-11-13-22(31-19)24(30)26-25-23(29)20-15-18(10-12-21(20)28)14-17-8-6-5-7-9-17/h5-13,15,28H,3-4,14,16H2,1-2H3,(H,25,29)(H,26,30). The second kappa shape index (κ2) is 10.4. The molecule has 0 aliphatic carbocycles. The number of rotatable bonds is 8. The number of phenols is 1. The lowest BCUT2D eigenvalue weighted by Gasteiger charge is -2.15. The van der Waals surface area contributed by atoms with Crippen LogP contribution in [-0.2, 0) is 13.0 Å². The average molecular weight is 421 g/mol. The Hall–Kier alpha value is -3.58. The van der Waals surface area contributed by atoms with Gasteiger partial charge in [0.15, 0.2) is 5.76 Å². The molecule has 162 valence electrons. The van der Waals surface area contributed by atoms with Gasteiger partial charge in [0, 0.05) is 0 Å². The summed E-state index contributed by atoms with van der Waals surface area (Å²) in [5.74, 6) is -0.575. The van der Waals surface area contributed by atoms with E-state index in [2.05, 4.69) is 29.6 Å². The SMILES string of the molecule is CCN(CC)Cc1ccc(C(=O)NNC(=O)c2cc(Cc3ccccc3)ccc2O)o1. The first-order valence-corrected chi connectivity index (χ1v) is 10.3. The second-order valence-electron chi connectivity index (χ2n) is 7.15. The number of benzene rings is 2. The Morgan fingerprint density at radius 2 is 1.61 bits per heavy atom. The molecule has 0 aliphatic heterocycles. The summed E-state index contributed by atoms with van der Waals surface area (Å²) in [7, 11) is 0. The zero-order chi connectivity index (χ0) is 22.2. The van der Waals surface area contributed by atoms with Crippen molar-refractivity contribution < 1.29 is 19.1 Å². The molecule has 0 saturated carbocycles. The van der Waals surface area contributed by atoms with E-state index in [4.69, 9.17) is 4.42 Å². The lowest BCUT2D eigenvalue weighted by atomic mass is 10.0. The summed E-state index contributed by atoms with van der Waals surface area (Å²) in [5.41, 5.74) is 6.70. The van der Waals surface area contributed by atoms with E-state index in [9.17, 15) is 14.7 Å². The number of carbonyl (C=O) groups is 2. The molecule has 2 amide bonds. The van der Waals surface area contributed by atoms with E-state index in [1.165, 1.54) is 6.07 Å². The van der Waals surface area contributed by atoms with Crippen LogP contribution >= 0.6 is 0 Å². The number of phenolic OH excluding ortho intramolecular Hbond substituents is 1. The van der Waals surface area contributed by atoms with Gasteiger partial charge in [-0.05, 0) is 54.9 Å². The zero-order valence-corrected chi connectivity index (χ0v) is 17.7. The minimum Gasteiger partial charge on any atom is -0.507 e. The van der Waals surface area contributed by atoms with Crippen molar-refractivity contribution in [2.24, 2.45) is 0 Å². The smallest absolute Gasteiger partial charge is 0.305 e. The highest BCUT2D eigenvalue weighted by atomic mass is 16.4. The normalized spacial score (nSPS) is 10.8. The minimum atomic E-state index is -0.615. The van der Waals surface area contributed by atoms with Crippen molar-refractivity contribution in [1.82, 2.24) is 15.8 Å². The van der Waals surface area contributed by atoms with Crippen LogP contribution < -0.4 is 10.9 Å². The number of amides is 2. The van der Waals surface area contributed by atoms with Gasteiger partial charge in [0.25, 0.3) is 5.91 Å². The third kappa shape index (κ3) is 5.96. The van der Waals surface area contributed by atoms with Crippen molar-refractivity contribution in [2.45, 2.75) is 26.8 Å².